The van der Waals surface area contributed by atoms with Gasteiger partial charge in [0.05, 0.1) is 12.2 Å². The first kappa shape index (κ1) is 17.4. The van der Waals surface area contributed by atoms with Crippen LogP contribution in [0.25, 0.3) is 0 Å². The molecule has 1 aromatic rings. The number of hydrogen-bond acceptors (Lipinski definition) is 5. The van der Waals surface area contributed by atoms with Gasteiger partial charge in [-0.2, -0.15) is 0 Å². The van der Waals surface area contributed by atoms with Gasteiger partial charge >= 0.3 is 11.9 Å². The van der Waals surface area contributed by atoms with Gasteiger partial charge in [-0.3, -0.25) is 14.4 Å². The first-order chi connectivity index (χ1) is 10.5. The molecule has 6 heteroatoms. The van der Waals surface area contributed by atoms with E-state index in [1.165, 1.54) is 6.92 Å². The molecule has 0 spiro atoms. The molecule has 0 heterocycles. The van der Waals surface area contributed by atoms with Crippen LogP contribution in [0.15, 0.2) is 42.5 Å². The van der Waals surface area contributed by atoms with E-state index in [9.17, 15) is 14.4 Å². The van der Waals surface area contributed by atoms with Crippen molar-refractivity contribution in [3.63, 3.8) is 0 Å². The number of benzene rings is 1. The van der Waals surface area contributed by atoms with E-state index < -0.39 is 23.9 Å². The number of amides is 1. The molecule has 0 aliphatic heterocycles. The summed E-state index contributed by atoms with van der Waals surface area (Å²) < 4.78 is 9.87. The van der Waals surface area contributed by atoms with Crippen molar-refractivity contribution < 1.29 is 23.9 Å². The first-order valence-corrected chi connectivity index (χ1v) is 6.80. The molecule has 118 valence electrons. The third kappa shape index (κ3) is 5.40. The van der Waals surface area contributed by atoms with Gasteiger partial charge in [0.15, 0.2) is 6.10 Å². The summed E-state index contributed by atoms with van der Waals surface area (Å²) in [4.78, 5) is 34.5. The normalized spacial score (nSPS) is 11.2. The van der Waals surface area contributed by atoms with Gasteiger partial charge in [-0.25, -0.2) is 0 Å². The second-order valence-corrected chi connectivity index (χ2v) is 4.41. The average Bonchev–Trinajstić information content (AvgIpc) is 2.50. The summed E-state index contributed by atoms with van der Waals surface area (Å²) in [6, 6.07) is 8.76. The lowest BCUT2D eigenvalue weighted by Gasteiger charge is -2.19. The SMILES string of the molecule is C=C(C(=O)NCC(=O)OCC)C(OC(C)=O)c1ccccc1. The summed E-state index contributed by atoms with van der Waals surface area (Å²) >= 11 is 0. The van der Waals surface area contributed by atoms with E-state index in [1.807, 2.05) is 0 Å². The van der Waals surface area contributed by atoms with Crippen molar-refractivity contribution in [2.75, 3.05) is 13.2 Å². The Bertz CT molecular complexity index is 553. The Kier molecular flexibility index (Phi) is 6.82. The summed E-state index contributed by atoms with van der Waals surface area (Å²) in [6.45, 7) is 6.55. The molecule has 1 unspecified atom stereocenters. The van der Waals surface area contributed by atoms with Crippen LogP contribution >= 0.6 is 0 Å². The van der Waals surface area contributed by atoms with Crippen LogP contribution in [0.2, 0.25) is 0 Å². The molecule has 6 nitrogen and oxygen atoms in total. The lowest BCUT2D eigenvalue weighted by molar-refractivity contribution is -0.146. The molecule has 0 saturated carbocycles. The van der Waals surface area contributed by atoms with Gasteiger partial charge in [-0.15, -0.1) is 0 Å². The fourth-order valence-electron chi connectivity index (χ4n) is 1.73. The van der Waals surface area contributed by atoms with Crippen LogP contribution in [0, 0.1) is 0 Å². The molecule has 0 aliphatic carbocycles. The number of carbonyl (C=O) groups is 3. The molecule has 1 rings (SSSR count). The number of rotatable bonds is 7. The van der Waals surface area contributed by atoms with Crippen molar-refractivity contribution in [1.82, 2.24) is 5.32 Å². The third-order valence-electron chi connectivity index (χ3n) is 2.69. The lowest BCUT2D eigenvalue weighted by Crippen LogP contribution is -2.33. The molecular formula is C16H19NO5. The highest BCUT2D eigenvalue weighted by atomic mass is 16.5. The number of hydrogen-bond donors (Lipinski definition) is 1. The summed E-state index contributed by atoms with van der Waals surface area (Å²) in [6.07, 6.45) is -0.902. The summed E-state index contributed by atoms with van der Waals surface area (Å²) in [5.41, 5.74) is 0.652. The fourth-order valence-corrected chi connectivity index (χ4v) is 1.73. The van der Waals surface area contributed by atoms with Crippen LogP contribution in [0.3, 0.4) is 0 Å². The smallest absolute Gasteiger partial charge is 0.325 e. The van der Waals surface area contributed by atoms with Crippen LogP contribution in [0.4, 0.5) is 0 Å². The Hall–Kier alpha value is -2.63. The zero-order valence-corrected chi connectivity index (χ0v) is 12.6. The quantitative estimate of drug-likeness (QED) is 0.610. The Morgan fingerprint density at radius 1 is 1.23 bits per heavy atom. The maximum atomic E-state index is 12.0. The average molecular weight is 305 g/mol. The molecule has 0 aliphatic rings. The molecule has 0 aromatic heterocycles. The molecule has 1 amide bonds. The molecule has 0 radical (unpaired) electrons. The van der Waals surface area contributed by atoms with E-state index in [-0.39, 0.29) is 18.7 Å². The molecule has 22 heavy (non-hydrogen) atoms. The minimum absolute atomic E-state index is 0.0331. The highest BCUT2D eigenvalue weighted by Gasteiger charge is 2.24. The Morgan fingerprint density at radius 2 is 1.86 bits per heavy atom. The van der Waals surface area contributed by atoms with Gasteiger partial charge in [-0.1, -0.05) is 36.9 Å². The maximum absolute atomic E-state index is 12.0. The van der Waals surface area contributed by atoms with E-state index in [0.29, 0.717) is 5.56 Å². The standard InChI is InChI=1S/C16H19NO5/c1-4-21-14(19)10-17-16(20)11(2)15(22-12(3)18)13-8-6-5-7-9-13/h5-9,15H,2,4,10H2,1,3H3,(H,17,20). The molecule has 1 atom stereocenters. The number of nitrogens with one attached hydrogen (secondary N) is 1. The van der Waals surface area contributed by atoms with Crippen LogP contribution in [-0.4, -0.2) is 31.0 Å². The van der Waals surface area contributed by atoms with Gasteiger partial charge in [0.25, 0.3) is 5.91 Å². The largest absolute Gasteiger partial charge is 0.465 e. The van der Waals surface area contributed by atoms with Gasteiger partial charge in [0.1, 0.15) is 6.54 Å². The number of carbonyl (C=O) groups excluding carboxylic acids is 3. The maximum Gasteiger partial charge on any atom is 0.325 e. The number of ether oxygens (including phenoxy) is 2. The Labute approximate surface area is 129 Å². The molecule has 0 fully saturated rings. The van der Waals surface area contributed by atoms with Crippen LogP contribution < -0.4 is 5.32 Å². The molecular weight excluding hydrogens is 286 g/mol. The van der Waals surface area contributed by atoms with E-state index in [0.717, 1.165) is 0 Å². The number of esters is 2. The minimum Gasteiger partial charge on any atom is -0.465 e. The summed E-state index contributed by atoms with van der Waals surface area (Å²) in [5, 5.41) is 2.39. The summed E-state index contributed by atoms with van der Waals surface area (Å²) in [5.74, 6) is -1.66. The van der Waals surface area contributed by atoms with Gasteiger partial charge < -0.3 is 14.8 Å². The van der Waals surface area contributed by atoms with Crippen molar-refractivity contribution in [2.45, 2.75) is 20.0 Å². The lowest BCUT2D eigenvalue weighted by atomic mass is 10.0. The van der Waals surface area contributed by atoms with Crippen molar-refractivity contribution in [2.24, 2.45) is 0 Å². The second-order valence-electron chi connectivity index (χ2n) is 4.41. The van der Waals surface area contributed by atoms with Gasteiger partial charge in [0, 0.05) is 6.92 Å². The van der Waals surface area contributed by atoms with Crippen molar-refractivity contribution >= 4 is 17.8 Å². The first-order valence-electron chi connectivity index (χ1n) is 6.80. The highest BCUT2D eigenvalue weighted by molar-refractivity contribution is 5.96. The molecule has 0 saturated heterocycles. The molecule has 0 bridgehead atoms. The third-order valence-corrected chi connectivity index (χ3v) is 2.69. The van der Waals surface area contributed by atoms with E-state index in [1.54, 1.807) is 37.3 Å². The van der Waals surface area contributed by atoms with E-state index in [4.69, 9.17) is 9.47 Å². The topological polar surface area (TPSA) is 81.7 Å². The van der Waals surface area contributed by atoms with E-state index in [2.05, 4.69) is 11.9 Å². The van der Waals surface area contributed by atoms with Crippen molar-refractivity contribution in [1.29, 1.82) is 0 Å². The van der Waals surface area contributed by atoms with Crippen LogP contribution in [0.5, 0.6) is 0 Å². The summed E-state index contributed by atoms with van der Waals surface area (Å²) in [7, 11) is 0. The fraction of sp³-hybridized carbons (Fsp3) is 0.312. The Morgan fingerprint density at radius 3 is 2.41 bits per heavy atom. The predicted octanol–water partition coefficient (Wildman–Crippen LogP) is 1.53. The zero-order valence-electron chi connectivity index (χ0n) is 12.6. The minimum atomic E-state index is -0.902. The zero-order chi connectivity index (χ0) is 16.5. The van der Waals surface area contributed by atoms with Gasteiger partial charge in [-0.05, 0) is 12.5 Å². The van der Waals surface area contributed by atoms with Crippen LogP contribution in [-0.2, 0) is 23.9 Å². The van der Waals surface area contributed by atoms with Crippen LogP contribution in [0.1, 0.15) is 25.5 Å². The predicted molar refractivity (Wildman–Crippen MR) is 79.7 cm³/mol. The van der Waals surface area contributed by atoms with E-state index >= 15 is 0 Å². The van der Waals surface area contributed by atoms with Gasteiger partial charge in [0.2, 0.25) is 0 Å². The molecule has 1 N–H and O–H groups in total. The van der Waals surface area contributed by atoms with Crippen molar-refractivity contribution in [3.05, 3.63) is 48.0 Å². The molecule has 1 aromatic carbocycles. The Balaban J connectivity index is 2.77. The monoisotopic (exact) mass is 305 g/mol. The van der Waals surface area contributed by atoms with Crippen molar-refractivity contribution in [3.8, 4) is 0 Å². The highest BCUT2D eigenvalue weighted by Crippen LogP contribution is 2.24. The second kappa shape index (κ2) is 8.61.